The summed E-state index contributed by atoms with van der Waals surface area (Å²) in [5.74, 6) is 0. The summed E-state index contributed by atoms with van der Waals surface area (Å²) in [4.78, 5) is 0. The van der Waals surface area contributed by atoms with Gasteiger partial charge in [-0.3, -0.25) is 0 Å². The summed E-state index contributed by atoms with van der Waals surface area (Å²) in [5, 5.41) is 0. The molecule has 0 aliphatic heterocycles. The van der Waals surface area contributed by atoms with Gasteiger partial charge in [0.2, 0.25) is 0 Å². The molecule has 0 heterocycles. The zero-order valence-electron chi connectivity index (χ0n) is 3.63. The van der Waals surface area contributed by atoms with Gasteiger partial charge in [0, 0.05) is 5.54 Å². The summed E-state index contributed by atoms with van der Waals surface area (Å²) < 4.78 is 0.0895. The molecule has 6 N–H and O–H groups in total. The second-order valence-corrected chi connectivity index (χ2v) is 1.62. The van der Waals surface area contributed by atoms with E-state index >= 15 is 0 Å². The molecule has 0 bridgehead atoms. The van der Waals surface area contributed by atoms with Crippen molar-refractivity contribution < 1.29 is 0 Å². The molecular formula is C2H7Cl3N2. The topological polar surface area (TPSA) is 70.0 Å². The molecule has 0 fully saturated rings. The fourth-order valence-electron chi connectivity index (χ4n) is 0. The number of hydrogen-bond donors (Lipinski definition) is 2. The lowest BCUT2D eigenvalue weighted by Crippen LogP contribution is -1.33. The molecule has 0 unspecified atom stereocenters. The van der Waals surface area contributed by atoms with Gasteiger partial charge in [-0.2, -0.15) is 0 Å². The lowest BCUT2D eigenvalue weighted by atomic mass is 11.2. The van der Waals surface area contributed by atoms with Crippen molar-refractivity contribution in [2.24, 2.45) is 0 Å². The summed E-state index contributed by atoms with van der Waals surface area (Å²) in [5.41, 5.74) is 1.09. The first-order valence-corrected chi connectivity index (χ1v) is 2.08. The van der Waals surface area contributed by atoms with Gasteiger partial charge < -0.3 is 12.3 Å². The van der Waals surface area contributed by atoms with Gasteiger partial charge >= 0.3 is 0 Å². The summed E-state index contributed by atoms with van der Waals surface area (Å²) in [6.07, 6.45) is 0. The molecule has 0 aliphatic rings. The van der Waals surface area contributed by atoms with Crippen molar-refractivity contribution in [1.82, 2.24) is 12.3 Å². The summed E-state index contributed by atoms with van der Waals surface area (Å²) in [6.45, 7) is 0. The minimum Gasteiger partial charge on any atom is -0.344 e. The van der Waals surface area contributed by atoms with Gasteiger partial charge in [-0.15, -0.1) is 0 Å². The normalized spacial score (nSPS) is 5.00. The number of hydrogen-bond acceptors (Lipinski definition) is 2. The molecule has 0 aromatic carbocycles. The maximum absolute atomic E-state index is 4.96. The van der Waals surface area contributed by atoms with E-state index in [-0.39, 0.29) is 16.8 Å². The quantitative estimate of drug-likeness (QED) is 0.579. The molecule has 0 rings (SSSR count). The molecule has 0 radical (unpaired) electrons. The lowest BCUT2D eigenvalue weighted by molar-refractivity contribution is 2.13. The van der Waals surface area contributed by atoms with Crippen molar-refractivity contribution >= 4 is 34.8 Å². The highest BCUT2D eigenvalue weighted by Gasteiger charge is 1.70. The highest BCUT2D eigenvalue weighted by atomic mass is 35.5. The first-order valence-electron chi connectivity index (χ1n) is 0.885. The van der Waals surface area contributed by atoms with Crippen LogP contribution in [0.5, 0.6) is 0 Å². The van der Waals surface area contributed by atoms with Crippen LogP contribution in [-0.2, 0) is 0 Å². The van der Waals surface area contributed by atoms with Crippen LogP contribution in [0.4, 0.5) is 0 Å². The molecule has 0 spiro atoms. The van der Waals surface area contributed by atoms with Crippen LogP contribution in [0.1, 0.15) is 0 Å². The molecule has 0 amide bonds. The molecule has 0 aromatic rings. The number of halogens is 3. The van der Waals surface area contributed by atoms with E-state index < -0.39 is 0 Å². The number of rotatable bonds is 0. The van der Waals surface area contributed by atoms with Crippen LogP contribution in [0.25, 0.3) is 0 Å². The third-order valence-electron chi connectivity index (χ3n) is 0.0825. The Balaban J connectivity index is -0.0000000800. The molecule has 5 heteroatoms. The third kappa shape index (κ3) is 20.9. The predicted octanol–water partition coefficient (Wildman–Crippen LogP) is 2.83. The smallest absolute Gasteiger partial charge is 0.118 e. The van der Waals surface area contributed by atoms with Gasteiger partial charge in [-0.05, 0) is 0 Å². The molecule has 0 atom stereocenters. The average molecular weight is 165 g/mol. The van der Waals surface area contributed by atoms with Crippen molar-refractivity contribution in [2.75, 3.05) is 0 Å². The Kier molecular flexibility index (Phi) is 21.8. The fraction of sp³-hybridized carbons (Fsp3) is 0. The molecule has 0 aliphatic carbocycles. The second-order valence-electron chi connectivity index (χ2n) is 0.399. The van der Waals surface area contributed by atoms with E-state index in [1.54, 1.807) is 0 Å². The summed E-state index contributed by atoms with van der Waals surface area (Å²) in [7, 11) is 0. The van der Waals surface area contributed by atoms with Crippen molar-refractivity contribution in [1.29, 1.82) is 0 Å². The molecular weight excluding hydrogens is 158 g/mol. The van der Waals surface area contributed by atoms with E-state index in [0.29, 0.717) is 0 Å². The largest absolute Gasteiger partial charge is 0.344 e. The summed E-state index contributed by atoms with van der Waals surface area (Å²) in [6, 6.07) is 0. The Morgan fingerprint density at radius 2 is 1.29 bits per heavy atom. The van der Waals surface area contributed by atoms with E-state index in [1.165, 1.54) is 0 Å². The van der Waals surface area contributed by atoms with E-state index in [0.717, 1.165) is 5.54 Å². The van der Waals surface area contributed by atoms with E-state index in [1.807, 2.05) is 0 Å². The second kappa shape index (κ2) is 9.73. The Hall–Kier alpha value is 0.530. The van der Waals surface area contributed by atoms with Gasteiger partial charge in [0.25, 0.3) is 0 Å². The Morgan fingerprint density at radius 1 is 1.14 bits per heavy atom. The molecule has 0 aromatic heterocycles. The van der Waals surface area contributed by atoms with Gasteiger partial charge in [0.05, 0.1) is 0 Å². The van der Waals surface area contributed by atoms with E-state index in [9.17, 15) is 0 Å². The van der Waals surface area contributed by atoms with Gasteiger partial charge in [-0.1, -0.05) is 34.8 Å². The van der Waals surface area contributed by atoms with Crippen LogP contribution >= 0.6 is 34.8 Å². The van der Waals surface area contributed by atoms with Crippen LogP contribution in [-0.4, -0.2) is 0 Å². The standard InChI is InChI=1S/C2HCl3.2H3N/c3-1-2(4)5;;/h1H;2*1H3. The maximum Gasteiger partial charge on any atom is 0.118 e. The van der Waals surface area contributed by atoms with Gasteiger partial charge in [-0.25, -0.2) is 0 Å². The Labute approximate surface area is 57.6 Å². The fourth-order valence-corrected chi connectivity index (χ4v) is 0. The van der Waals surface area contributed by atoms with Crippen LogP contribution in [0.15, 0.2) is 10.0 Å². The predicted molar refractivity (Wildman–Crippen MR) is 35.7 cm³/mol. The zero-order valence-corrected chi connectivity index (χ0v) is 5.89. The first-order chi connectivity index (χ1) is 2.27. The minimum atomic E-state index is 0. The molecule has 2 nitrogen and oxygen atoms in total. The van der Waals surface area contributed by atoms with Crippen molar-refractivity contribution in [2.45, 2.75) is 0 Å². The molecule has 46 valence electrons. The van der Waals surface area contributed by atoms with Crippen LogP contribution in [0.3, 0.4) is 0 Å². The van der Waals surface area contributed by atoms with E-state index in [2.05, 4.69) is 0 Å². The zero-order chi connectivity index (χ0) is 4.28. The van der Waals surface area contributed by atoms with Crippen molar-refractivity contribution in [3.8, 4) is 0 Å². The molecule has 0 saturated carbocycles. The van der Waals surface area contributed by atoms with Gasteiger partial charge in [0.15, 0.2) is 0 Å². The molecule has 7 heavy (non-hydrogen) atoms. The highest BCUT2D eigenvalue weighted by molar-refractivity contribution is 6.58. The van der Waals surface area contributed by atoms with E-state index in [4.69, 9.17) is 34.8 Å². The monoisotopic (exact) mass is 164 g/mol. The van der Waals surface area contributed by atoms with Crippen LogP contribution in [0, 0.1) is 0 Å². The highest BCUT2D eigenvalue weighted by Crippen LogP contribution is 2.05. The minimum absolute atomic E-state index is 0. The Morgan fingerprint density at radius 3 is 1.29 bits per heavy atom. The average Bonchev–Trinajstić information content (AvgIpc) is 1.38. The third-order valence-corrected chi connectivity index (χ3v) is 0.742. The first kappa shape index (κ1) is 15.6. The maximum atomic E-state index is 4.96. The SMILES string of the molecule is ClC=C(Cl)Cl.N.N. The Bertz CT molecular complexity index is 48.9. The van der Waals surface area contributed by atoms with Crippen molar-refractivity contribution in [3.63, 3.8) is 0 Å². The lowest BCUT2D eigenvalue weighted by Gasteiger charge is -1.64. The summed E-state index contributed by atoms with van der Waals surface area (Å²) >= 11 is 14.8. The van der Waals surface area contributed by atoms with Crippen LogP contribution < -0.4 is 12.3 Å². The van der Waals surface area contributed by atoms with Crippen molar-refractivity contribution in [3.05, 3.63) is 10.0 Å². The van der Waals surface area contributed by atoms with Gasteiger partial charge in [0.1, 0.15) is 4.49 Å². The van der Waals surface area contributed by atoms with Crippen LogP contribution in [0.2, 0.25) is 0 Å². The molecule has 0 saturated heterocycles.